The smallest absolute Gasteiger partial charge is 0.229 e. The number of amides is 1. The van der Waals surface area contributed by atoms with Gasteiger partial charge in [-0.15, -0.1) is 32.9 Å². The first-order chi connectivity index (χ1) is 16.7. The van der Waals surface area contributed by atoms with Crippen molar-refractivity contribution in [2.45, 2.75) is 12.8 Å². The van der Waals surface area contributed by atoms with Crippen LogP contribution in [0.2, 0.25) is 0 Å². The Hall–Kier alpha value is -3.56. The maximum absolute atomic E-state index is 13.1. The van der Waals surface area contributed by atoms with Crippen LogP contribution < -0.4 is 10.2 Å². The number of nitrogens with one attached hydrogen (secondary N) is 1. The van der Waals surface area contributed by atoms with Gasteiger partial charge in [-0.25, -0.2) is 4.98 Å². The molecule has 6 rings (SSSR count). The van der Waals surface area contributed by atoms with Gasteiger partial charge in [0, 0.05) is 42.1 Å². The van der Waals surface area contributed by atoms with E-state index in [9.17, 15) is 4.79 Å². The molecule has 170 valence electrons. The Balaban J connectivity index is 1.13. The van der Waals surface area contributed by atoms with Gasteiger partial charge in [-0.3, -0.25) is 9.20 Å². The maximum Gasteiger partial charge on any atom is 0.229 e. The Morgan fingerprint density at radius 2 is 2.00 bits per heavy atom. The molecular formula is C25H22N6OS2. The van der Waals surface area contributed by atoms with Crippen molar-refractivity contribution in [3.8, 4) is 21.8 Å². The average molecular weight is 487 g/mol. The summed E-state index contributed by atoms with van der Waals surface area (Å²) in [5, 5.41) is 16.0. The highest BCUT2D eigenvalue weighted by molar-refractivity contribution is 7.15. The fraction of sp³-hybridized carbons (Fsp3) is 0.200. The number of anilines is 2. The van der Waals surface area contributed by atoms with E-state index in [1.165, 1.54) is 0 Å². The van der Waals surface area contributed by atoms with Crippen molar-refractivity contribution in [3.63, 3.8) is 0 Å². The molecule has 1 aromatic carbocycles. The van der Waals surface area contributed by atoms with E-state index in [0.717, 1.165) is 57.7 Å². The second kappa shape index (κ2) is 9.00. The van der Waals surface area contributed by atoms with Crippen LogP contribution in [0, 0.1) is 5.92 Å². The topological polar surface area (TPSA) is 75.4 Å². The molecule has 1 fully saturated rings. The van der Waals surface area contributed by atoms with Crippen molar-refractivity contribution in [2.24, 2.45) is 5.92 Å². The number of thiazole rings is 1. The first-order valence-electron chi connectivity index (χ1n) is 11.2. The second-order valence-corrected chi connectivity index (χ2v) is 10.1. The number of carbonyl (C=O) groups is 1. The molecule has 0 radical (unpaired) electrons. The predicted octanol–water partition coefficient (Wildman–Crippen LogP) is 5.44. The summed E-state index contributed by atoms with van der Waals surface area (Å²) in [6.07, 6.45) is 5.81. The fourth-order valence-corrected chi connectivity index (χ4v) is 5.71. The van der Waals surface area contributed by atoms with Gasteiger partial charge in [0.05, 0.1) is 16.5 Å². The van der Waals surface area contributed by atoms with Gasteiger partial charge < -0.3 is 10.2 Å². The van der Waals surface area contributed by atoms with E-state index in [1.54, 1.807) is 22.7 Å². The van der Waals surface area contributed by atoms with Crippen molar-refractivity contribution in [2.75, 3.05) is 23.3 Å². The molecule has 1 N–H and O–H groups in total. The summed E-state index contributed by atoms with van der Waals surface area (Å²) in [5.74, 6) is 0.754. The molecular weight excluding hydrogens is 464 g/mol. The van der Waals surface area contributed by atoms with Gasteiger partial charge in [0.25, 0.3) is 0 Å². The molecule has 4 aromatic heterocycles. The minimum Gasteiger partial charge on any atom is -0.354 e. The van der Waals surface area contributed by atoms with Gasteiger partial charge in [-0.05, 0) is 48.6 Å². The molecule has 1 unspecified atom stereocenters. The van der Waals surface area contributed by atoms with Crippen LogP contribution >= 0.6 is 22.7 Å². The third-order valence-electron chi connectivity index (χ3n) is 6.06. The van der Waals surface area contributed by atoms with Gasteiger partial charge in [0.1, 0.15) is 5.69 Å². The first kappa shape index (κ1) is 21.0. The summed E-state index contributed by atoms with van der Waals surface area (Å²) < 4.78 is 2.01. The molecule has 0 saturated carbocycles. The summed E-state index contributed by atoms with van der Waals surface area (Å²) in [6, 6.07) is 15.9. The lowest BCUT2D eigenvalue weighted by molar-refractivity contribution is -0.120. The third kappa shape index (κ3) is 4.20. The van der Waals surface area contributed by atoms with Crippen LogP contribution in [0.25, 0.3) is 26.8 Å². The lowest BCUT2D eigenvalue weighted by atomic mass is 9.97. The number of fused-ring (bicyclic) bond motifs is 1. The lowest BCUT2D eigenvalue weighted by Gasteiger charge is -2.32. The largest absolute Gasteiger partial charge is 0.354 e. The zero-order valence-electron chi connectivity index (χ0n) is 18.3. The number of nitrogens with zero attached hydrogens (tertiary/aromatic N) is 5. The van der Waals surface area contributed by atoms with E-state index in [4.69, 9.17) is 0 Å². The number of aromatic nitrogens is 4. The Morgan fingerprint density at radius 1 is 1.03 bits per heavy atom. The van der Waals surface area contributed by atoms with Crippen molar-refractivity contribution in [1.29, 1.82) is 0 Å². The summed E-state index contributed by atoms with van der Waals surface area (Å²) in [6.45, 7) is 1.51. The SMILES string of the molecule is O=C(Nc1cccc(-c2cn3ccsc3n2)c1)C1CCCN(c2ccc(-c3cccs3)nn2)C1. The zero-order valence-corrected chi connectivity index (χ0v) is 19.9. The minimum atomic E-state index is -0.103. The number of rotatable bonds is 5. The standard InChI is InChI=1S/C25H22N6OS2/c32-24(26-19-6-1-4-17(14-19)21-16-31-11-13-34-25(31)27-21)18-5-2-10-30(15-18)23-9-8-20(28-29-23)22-7-3-12-33-22/h1,3-4,6-9,11-14,16,18H,2,5,10,15H2,(H,26,32). The third-order valence-corrected chi connectivity index (χ3v) is 7.72. The van der Waals surface area contributed by atoms with Crippen LogP contribution in [0.1, 0.15) is 12.8 Å². The molecule has 9 heteroatoms. The highest BCUT2D eigenvalue weighted by atomic mass is 32.1. The van der Waals surface area contributed by atoms with Crippen molar-refractivity contribution < 1.29 is 4.79 Å². The molecule has 34 heavy (non-hydrogen) atoms. The van der Waals surface area contributed by atoms with Crippen LogP contribution in [-0.2, 0) is 4.79 Å². The van der Waals surface area contributed by atoms with Crippen molar-refractivity contribution in [3.05, 3.63) is 71.7 Å². The van der Waals surface area contributed by atoms with E-state index in [-0.39, 0.29) is 11.8 Å². The average Bonchev–Trinajstić information content (AvgIpc) is 3.63. The Morgan fingerprint density at radius 3 is 2.82 bits per heavy atom. The van der Waals surface area contributed by atoms with Gasteiger partial charge >= 0.3 is 0 Å². The number of hydrogen-bond donors (Lipinski definition) is 1. The number of thiophene rings is 1. The Bertz CT molecular complexity index is 1390. The van der Waals surface area contributed by atoms with E-state index < -0.39 is 0 Å². The van der Waals surface area contributed by atoms with Crippen LogP contribution in [0.4, 0.5) is 11.5 Å². The molecule has 0 aliphatic carbocycles. The molecule has 1 amide bonds. The highest BCUT2D eigenvalue weighted by Crippen LogP contribution is 2.27. The number of imidazole rings is 1. The maximum atomic E-state index is 13.1. The first-order valence-corrected chi connectivity index (χ1v) is 12.9. The highest BCUT2D eigenvalue weighted by Gasteiger charge is 2.27. The van der Waals surface area contributed by atoms with Gasteiger partial charge in [0.15, 0.2) is 10.8 Å². The molecule has 0 bridgehead atoms. The van der Waals surface area contributed by atoms with E-state index in [0.29, 0.717) is 6.54 Å². The number of piperidine rings is 1. The van der Waals surface area contributed by atoms with Crippen LogP contribution in [0.5, 0.6) is 0 Å². The minimum absolute atomic E-state index is 0.0378. The fourth-order valence-electron chi connectivity index (χ4n) is 4.32. The molecule has 1 aliphatic heterocycles. The summed E-state index contributed by atoms with van der Waals surface area (Å²) >= 11 is 3.25. The molecule has 5 heterocycles. The number of hydrogen-bond acceptors (Lipinski definition) is 7. The van der Waals surface area contributed by atoms with Gasteiger partial charge in [-0.2, -0.15) is 0 Å². The Labute approximate surface area is 204 Å². The molecule has 0 spiro atoms. The molecule has 7 nitrogen and oxygen atoms in total. The monoisotopic (exact) mass is 486 g/mol. The van der Waals surface area contributed by atoms with Gasteiger partial charge in [-0.1, -0.05) is 18.2 Å². The van der Waals surface area contributed by atoms with E-state index in [1.807, 2.05) is 76.1 Å². The summed E-state index contributed by atoms with van der Waals surface area (Å²) in [4.78, 5) is 22.0. The summed E-state index contributed by atoms with van der Waals surface area (Å²) in [7, 11) is 0. The molecule has 1 saturated heterocycles. The number of carbonyl (C=O) groups excluding carboxylic acids is 1. The van der Waals surface area contributed by atoms with Gasteiger partial charge in [0.2, 0.25) is 5.91 Å². The lowest BCUT2D eigenvalue weighted by Crippen LogP contribution is -2.41. The second-order valence-electron chi connectivity index (χ2n) is 8.33. The van der Waals surface area contributed by atoms with Crippen molar-refractivity contribution >= 4 is 45.0 Å². The van der Waals surface area contributed by atoms with Crippen LogP contribution in [-0.4, -0.2) is 38.6 Å². The van der Waals surface area contributed by atoms with Crippen LogP contribution in [0.3, 0.4) is 0 Å². The predicted molar refractivity (Wildman–Crippen MR) is 137 cm³/mol. The van der Waals surface area contributed by atoms with E-state index in [2.05, 4.69) is 25.4 Å². The van der Waals surface area contributed by atoms with Crippen LogP contribution in [0.15, 0.2) is 71.7 Å². The summed E-state index contributed by atoms with van der Waals surface area (Å²) in [5.41, 5.74) is 3.55. The van der Waals surface area contributed by atoms with Crippen molar-refractivity contribution in [1.82, 2.24) is 19.6 Å². The normalized spacial score (nSPS) is 16.1. The Kier molecular flexibility index (Phi) is 5.56. The number of benzene rings is 1. The quantitative estimate of drug-likeness (QED) is 0.358. The molecule has 1 atom stereocenters. The molecule has 5 aromatic rings. The van der Waals surface area contributed by atoms with E-state index >= 15 is 0 Å². The zero-order chi connectivity index (χ0) is 22.9. The molecule has 1 aliphatic rings.